The van der Waals surface area contributed by atoms with E-state index in [1.165, 1.54) is 5.56 Å². The van der Waals surface area contributed by atoms with Gasteiger partial charge in [0.15, 0.2) is 0 Å². The fourth-order valence-electron chi connectivity index (χ4n) is 3.62. The molecule has 1 aliphatic rings. The summed E-state index contributed by atoms with van der Waals surface area (Å²) in [4.78, 5) is 15.4. The van der Waals surface area contributed by atoms with Gasteiger partial charge in [0.1, 0.15) is 5.75 Å². The standard InChI is InChI=1S/C21H22N2O4S/c1-27-18-8-6-16-10-17(21(24)23-20(16)12-18)13-22-28(25,26)19-9-7-14-4-2-3-5-15(14)11-19/h6-12,22H,2-5,13H2,1H3,(H,23,24). The molecule has 2 aromatic carbocycles. The maximum atomic E-state index is 12.7. The molecule has 0 spiro atoms. The zero-order chi connectivity index (χ0) is 19.7. The first-order valence-electron chi connectivity index (χ1n) is 9.28. The number of aromatic amines is 1. The van der Waals surface area contributed by atoms with Gasteiger partial charge in [0.05, 0.1) is 17.5 Å². The Bertz CT molecular complexity index is 1200. The van der Waals surface area contributed by atoms with Crippen molar-refractivity contribution < 1.29 is 13.2 Å². The molecule has 0 saturated heterocycles. The number of rotatable bonds is 5. The van der Waals surface area contributed by atoms with Crippen LogP contribution in [0.5, 0.6) is 5.75 Å². The number of hydrogen-bond donors (Lipinski definition) is 2. The molecule has 0 atom stereocenters. The molecule has 3 aromatic rings. The van der Waals surface area contributed by atoms with Crippen molar-refractivity contribution in [2.24, 2.45) is 0 Å². The first-order chi connectivity index (χ1) is 13.5. The van der Waals surface area contributed by atoms with Crippen LogP contribution in [0.1, 0.15) is 29.5 Å². The van der Waals surface area contributed by atoms with E-state index < -0.39 is 10.0 Å². The van der Waals surface area contributed by atoms with Crippen LogP contribution in [0.2, 0.25) is 0 Å². The van der Waals surface area contributed by atoms with Gasteiger partial charge >= 0.3 is 0 Å². The van der Waals surface area contributed by atoms with Gasteiger partial charge in [-0.05, 0) is 72.5 Å². The number of methoxy groups -OCH3 is 1. The summed E-state index contributed by atoms with van der Waals surface area (Å²) < 4.78 is 33.1. The molecule has 4 rings (SSSR count). The van der Waals surface area contributed by atoms with E-state index in [1.807, 2.05) is 12.1 Å². The molecule has 0 saturated carbocycles. The Morgan fingerprint density at radius 2 is 1.82 bits per heavy atom. The van der Waals surface area contributed by atoms with Crippen LogP contribution in [0, 0.1) is 0 Å². The van der Waals surface area contributed by atoms with Gasteiger partial charge in [0.2, 0.25) is 10.0 Å². The molecule has 1 aromatic heterocycles. The lowest BCUT2D eigenvalue weighted by Gasteiger charge is -2.16. The van der Waals surface area contributed by atoms with Gasteiger partial charge < -0.3 is 9.72 Å². The number of aryl methyl sites for hydroxylation is 2. The molecule has 0 radical (unpaired) electrons. The third kappa shape index (κ3) is 3.68. The number of aromatic nitrogens is 1. The van der Waals surface area contributed by atoms with E-state index in [0.29, 0.717) is 16.8 Å². The molecular formula is C21H22N2O4S. The number of fused-ring (bicyclic) bond motifs is 2. The van der Waals surface area contributed by atoms with Crippen LogP contribution in [0.4, 0.5) is 0 Å². The topological polar surface area (TPSA) is 88.3 Å². The Morgan fingerprint density at radius 1 is 1.04 bits per heavy atom. The Labute approximate surface area is 163 Å². The molecule has 0 amide bonds. The molecule has 0 aliphatic heterocycles. The number of H-pyrrole nitrogens is 1. The monoisotopic (exact) mass is 398 g/mol. The Hall–Kier alpha value is -2.64. The quantitative estimate of drug-likeness (QED) is 0.692. The molecule has 6 nitrogen and oxygen atoms in total. The number of hydrogen-bond acceptors (Lipinski definition) is 4. The minimum atomic E-state index is -3.70. The Balaban J connectivity index is 1.58. The summed E-state index contributed by atoms with van der Waals surface area (Å²) in [6.45, 7) is -0.0727. The first kappa shape index (κ1) is 18.7. The Morgan fingerprint density at radius 3 is 2.61 bits per heavy atom. The highest BCUT2D eigenvalue weighted by Crippen LogP contribution is 2.24. The number of pyridine rings is 1. The minimum Gasteiger partial charge on any atom is -0.497 e. The van der Waals surface area contributed by atoms with Gasteiger partial charge in [0, 0.05) is 18.2 Å². The highest BCUT2D eigenvalue weighted by molar-refractivity contribution is 7.89. The second-order valence-corrected chi connectivity index (χ2v) is 8.81. The van der Waals surface area contributed by atoms with Crippen molar-refractivity contribution in [2.75, 3.05) is 7.11 Å². The molecule has 0 fully saturated rings. The van der Waals surface area contributed by atoms with E-state index >= 15 is 0 Å². The molecule has 7 heteroatoms. The SMILES string of the molecule is COc1ccc2cc(CNS(=O)(=O)c3ccc4c(c3)CCCC4)c(=O)[nH]c2c1. The van der Waals surface area contributed by atoms with Crippen molar-refractivity contribution in [3.8, 4) is 5.75 Å². The molecular weight excluding hydrogens is 376 g/mol. The smallest absolute Gasteiger partial charge is 0.252 e. The zero-order valence-corrected chi connectivity index (χ0v) is 16.4. The van der Waals surface area contributed by atoms with Crippen molar-refractivity contribution in [3.05, 3.63) is 69.5 Å². The van der Waals surface area contributed by atoms with Crippen molar-refractivity contribution in [1.82, 2.24) is 9.71 Å². The number of nitrogens with one attached hydrogen (secondary N) is 2. The molecule has 1 aliphatic carbocycles. The largest absolute Gasteiger partial charge is 0.497 e. The van der Waals surface area contributed by atoms with Gasteiger partial charge in [0.25, 0.3) is 5.56 Å². The number of sulfonamides is 1. The van der Waals surface area contributed by atoms with Crippen molar-refractivity contribution >= 4 is 20.9 Å². The molecule has 28 heavy (non-hydrogen) atoms. The summed E-state index contributed by atoms with van der Waals surface area (Å²) in [5.74, 6) is 0.643. The van der Waals surface area contributed by atoms with Crippen LogP contribution in [-0.2, 0) is 29.4 Å². The van der Waals surface area contributed by atoms with E-state index in [4.69, 9.17) is 4.74 Å². The maximum Gasteiger partial charge on any atom is 0.252 e. The number of ether oxygens (including phenoxy) is 1. The van der Waals surface area contributed by atoms with Crippen LogP contribution in [0.25, 0.3) is 10.9 Å². The first-order valence-corrected chi connectivity index (χ1v) is 10.8. The van der Waals surface area contributed by atoms with Crippen LogP contribution >= 0.6 is 0 Å². The molecule has 0 unspecified atom stereocenters. The second kappa shape index (κ2) is 7.41. The van der Waals surface area contributed by atoms with Crippen molar-refractivity contribution in [2.45, 2.75) is 37.1 Å². The average Bonchev–Trinajstić information content (AvgIpc) is 2.71. The highest BCUT2D eigenvalue weighted by atomic mass is 32.2. The zero-order valence-electron chi connectivity index (χ0n) is 15.6. The average molecular weight is 398 g/mol. The fourth-order valence-corrected chi connectivity index (χ4v) is 4.67. The van der Waals surface area contributed by atoms with E-state index in [1.54, 1.807) is 37.4 Å². The summed E-state index contributed by atoms with van der Waals surface area (Å²) in [7, 11) is -2.14. The lowest BCUT2D eigenvalue weighted by Crippen LogP contribution is -2.27. The summed E-state index contributed by atoms with van der Waals surface area (Å²) in [6.07, 6.45) is 4.14. The summed E-state index contributed by atoms with van der Waals surface area (Å²) in [5, 5.41) is 0.809. The van der Waals surface area contributed by atoms with Crippen LogP contribution < -0.4 is 15.0 Å². The van der Waals surface area contributed by atoms with E-state index in [0.717, 1.165) is 36.6 Å². The summed E-state index contributed by atoms with van der Waals surface area (Å²) in [6, 6.07) is 12.4. The van der Waals surface area contributed by atoms with E-state index in [2.05, 4.69) is 9.71 Å². The van der Waals surface area contributed by atoms with Gasteiger partial charge in [-0.25, -0.2) is 13.1 Å². The molecule has 0 bridgehead atoms. The van der Waals surface area contributed by atoms with E-state index in [9.17, 15) is 13.2 Å². The van der Waals surface area contributed by atoms with Gasteiger partial charge in [-0.15, -0.1) is 0 Å². The minimum absolute atomic E-state index is 0.0727. The maximum absolute atomic E-state index is 12.7. The van der Waals surface area contributed by atoms with Crippen LogP contribution in [0.3, 0.4) is 0 Å². The van der Waals surface area contributed by atoms with Crippen molar-refractivity contribution in [1.29, 1.82) is 0 Å². The third-order valence-corrected chi connectivity index (χ3v) is 6.61. The van der Waals surface area contributed by atoms with Crippen LogP contribution in [-0.4, -0.2) is 20.5 Å². The predicted octanol–water partition coefficient (Wildman–Crippen LogP) is 2.89. The lowest BCUT2D eigenvalue weighted by molar-refractivity contribution is 0.415. The normalized spacial score (nSPS) is 14.0. The lowest BCUT2D eigenvalue weighted by atomic mass is 9.92. The number of benzene rings is 2. The van der Waals surface area contributed by atoms with Gasteiger partial charge in [-0.2, -0.15) is 0 Å². The van der Waals surface area contributed by atoms with Gasteiger partial charge in [-0.1, -0.05) is 6.07 Å². The highest BCUT2D eigenvalue weighted by Gasteiger charge is 2.18. The Kier molecular flexibility index (Phi) is 4.95. The third-order valence-electron chi connectivity index (χ3n) is 5.21. The second-order valence-electron chi connectivity index (χ2n) is 7.04. The van der Waals surface area contributed by atoms with Crippen LogP contribution in [0.15, 0.2) is 52.2 Å². The molecule has 146 valence electrons. The molecule has 1 heterocycles. The summed E-state index contributed by atoms with van der Waals surface area (Å²) in [5.41, 5.74) is 3.01. The van der Waals surface area contributed by atoms with Gasteiger partial charge in [-0.3, -0.25) is 4.79 Å². The van der Waals surface area contributed by atoms with Crippen molar-refractivity contribution in [3.63, 3.8) is 0 Å². The molecule has 2 N–H and O–H groups in total. The van der Waals surface area contributed by atoms with E-state index in [-0.39, 0.29) is 17.0 Å². The predicted molar refractivity (Wildman–Crippen MR) is 108 cm³/mol. The summed E-state index contributed by atoms with van der Waals surface area (Å²) >= 11 is 0. The fraction of sp³-hybridized carbons (Fsp3) is 0.286.